The van der Waals surface area contributed by atoms with Crippen LogP contribution in [0.2, 0.25) is 0 Å². The molecule has 4 N–H and O–H groups in total. The SMILES string of the molecule is CN1CCCCC1CNc1nc(NN)cn2ccnc12. The Hall–Kier alpha value is -1.86. The zero-order valence-corrected chi connectivity index (χ0v) is 11.7. The first-order chi connectivity index (χ1) is 9.78. The minimum Gasteiger partial charge on any atom is -0.365 e. The lowest BCUT2D eigenvalue weighted by atomic mass is 10.0. The molecule has 0 aromatic carbocycles. The van der Waals surface area contributed by atoms with Crippen LogP contribution in [-0.4, -0.2) is 45.4 Å². The monoisotopic (exact) mass is 275 g/mol. The van der Waals surface area contributed by atoms with E-state index in [1.54, 1.807) is 6.20 Å². The van der Waals surface area contributed by atoms with Crippen molar-refractivity contribution in [2.45, 2.75) is 25.3 Å². The van der Waals surface area contributed by atoms with Crippen molar-refractivity contribution in [2.75, 3.05) is 30.9 Å². The highest BCUT2D eigenvalue weighted by atomic mass is 15.3. The predicted octanol–water partition coefficient (Wildman–Crippen LogP) is 0.911. The van der Waals surface area contributed by atoms with E-state index in [2.05, 4.69) is 32.7 Å². The number of nitrogens with one attached hydrogen (secondary N) is 2. The lowest BCUT2D eigenvalue weighted by molar-refractivity contribution is 0.194. The number of hydrogen-bond acceptors (Lipinski definition) is 6. The number of hydrogen-bond donors (Lipinski definition) is 3. The first kappa shape index (κ1) is 13.1. The number of anilines is 2. The van der Waals surface area contributed by atoms with Gasteiger partial charge in [-0.3, -0.25) is 0 Å². The molecule has 108 valence electrons. The number of nitrogens with two attached hydrogens (primary N) is 1. The van der Waals surface area contributed by atoms with Gasteiger partial charge in [0.15, 0.2) is 17.3 Å². The highest BCUT2D eigenvalue weighted by Crippen LogP contribution is 2.18. The molecule has 1 unspecified atom stereocenters. The number of hydrazine groups is 1. The number of likely N-dealkylation sites (N-methyl/N-ethyl adjacent to an activating group) is 1. The molecule has 1 atom stereocenters. The van der Waals surface area contributed by atoms with Gasteiger partial charge in [-0.25, -0.2) is 15.8 Å². The predicted molar refractivity (Wildman–Crippen MR) is 79.6 cm³/mol. The number of aromatic nitrogens is 3. The summed E-state index contributed by atoms with van der Waals surface area (Å²) in [7, 11) is 2.18. The summed E-state index contributed by atoms with van der Waals surface area (Å²) in [5.74, 6) is 6.85. The number of imidazole rings is 1. The van der Waals surface area contributed by atoms with Crippen LogP contribution in [0.25, 0.3) is 5.65 Å². The van der Waals surface area contributed by atoms with Gasteiger partial charge in [0.05, 0.1) is 6.20 Å². The molecule has 0 radical (unpaired) electrons. The molecule has 2 aromatic rings. The van der Waals surface area contributed by atoms with Crippen LogP contribution >= 0.6 is 0 Å². The summed E-state index contributed by atoms with van der Waals surface area (Å²) < 4.78 is 1.91. The van der Waals surface area contributed by atoms with Crippen molar-refractivity contribution in [3.8, 4) is 0 Å². The molecule has 1 aliphatic rings. The standard InChI is InChI=1S/C13H21N7/c1-19-6-3-2-4-10(19)8-16-12-13-15-5-7-20(13)9-11(17-12)18-14/h5,7,9-10,18H,2-4,6,8,14H2,1H3,(H,16,17). The first-order valence-corrected chi connectivity index (χ1v) is 7.02. The zero-order chi connectivity index (χ0) is 13.9. The van der Waals surface area contributed by atoms with Crippen LogP contribution in [0.4, 0.5) is 11.6 Å². The maximum Gasteiger partial charge on any atom is 0.180 e. The van der Waals surface area contributed by atoms with Crippen molar-refractivity contribution < 1.29 is 0 Å². The van der Waals surface area contributed by atoms with Crippen LogP contribution < -0.4 is 16.6 Å². The maximum atomic E-state index is 5.46. The van der Waals surface area contributed by atoms with Crippen molar-refractivity contribution >= 4 is 17.3 Å². The van der Waals surface area contributed by atoms with Crippen molar-refractivity contribution in [1.29, 1.82) is 0 Å². The fourth-order valence-corrected chi connectivity index (χ4v) is 2.74. The quantitative estimate of drug-likeness (QED) is 0.568. The Balaban J connectivity index is 1.77. The third-order valence-corrected chi connectivity index (χ3v) is 3.95. The molecular formula is C13H21N7. The lowest BCUT2D eigenvalue weighted by Gasteiger charge is -2.32. The molecule has 0 spiro atoms. The molecule has 20 heavy (non-hydrogen) atoms. The summed E-state index contributed by atoms with van der Waals surface area (Å²) in [6.45, 7) is 2.04. The van der Waals surface area contributed by atoms with Gasteiger partial charge in [-0.05, 0) is 26.4 Å². The Morgan fingerprint density at radius 1 is 1.45 bits per heavy atom. The molecule has 1 aliphatic heterocycles. The summed E-state index contributed by atoms with van der Waals surface area (Å²) in [6.07, 6.45) is 9.28. The summed E-state index contributed by atoms with van der Waals surface area (Å²) >= 11 is 0. The average molecular weight is 275 g/mol. The molecule has 0 aliphatic carbocycles. The largest absolute Gasteiger partial charge is 0.365 e. The van der Waals surface area contributed by atoms with E-state index in [0.717, 1.165) is 18.0 Å². The van der Waals surface area contributed by atoms with E-state index in [1.165, 1.54) is 25.8 Å². The Morgan fingerprint density at radius 3 is 3.15 bits per heavy atom. The molecule has 0 saturated carbocycles. The lowest BCUT2D eigenvalue weighted by Crippen LogP contribution is -2.40. The van der Waals surface area contributed by atoms with Crippen molar-refractivity contribution in [1.82, 2.24) is 19.3 Å². The van der Waals surface area contributed by atoms with Crippen LogP contribution in [0.3, 0.4) is 0 Å². The van der Waals surface area contributed by atoms with Gasteiger partial charge in [-0.1, -0.05) is 6.42 Å². The normalized spacial score (nSPS) is 20.2. The molecule has 1 saturated heterocycles. The highest BCUT2D eigenvalue weighted by molar-refractivity contribution is 5.65. The van der Waals surface area contributed by atoms with Gasteiger partial charge >= 0.3 is 0 Å². The van der Waals surface area contributed by atoms with Gasteiger partial charge in [0.1, 0.15) is 0 Å². The second kappa shape index (κ2) is 5.64. The van der Waals surface area contributed by atoms with E-state index >= 15 is 0 Å². The Morgan fingerprint density at radius 2 is 2.35 bits per heavy atom. The van der Waals surface area contributed by atoms with Crippen molar-refractivity contribution in [3.05, 3.63) is 18.6 Å². The first-order valence-electron chi connectivity index (χ1n) is 7.02. The third-order valence-electron chi connectivity index (χ3n) is 3.95. The van der Waals surface area contributed by atoms with E-state index in [9.17, 15) is 0 Å². The Labute approximate surface area is 118 Å². The molecule has 7 heteroatoms. The van der Waals surface area contributed by atoms with E-state index in [0.29, 0.717) is 11.9 Å². The molecule has 1 fully saturated rings. The van der Waals surface area contributed by atoms with E-state index in [4.69, 9.17) is 5.84 Å². The molecule has 0 bridgehead atoms. The second-order valence-electron chi connectivity index (χ2n) is 5.29. The number of nitrogen functional groups attached to an aromatic ring is 1. The maximum absolute atomic E-state index is 5.46. The topological polar surface area (TPSA) is 83.5 Å². The van der Waals surface area contributed by atoms with E-state index in [-0.39, 0.29) is 0 Å². The Kier molecular flexibility index (Phi) is 3.70. The fraction of sp³-hybridized carbons (Fsp3) is 0.538. The highest BCUT2D eigenvalue weighted by Gasteiger charge is 2.19. The number of likely N-dealkylation sites (tertiary alicyclic amines) is 1. The van der Waals surface area contributed by atoms with Crippen LogP contribution in [0.1, 0.15) is 19.3 Å². The fourth-order valence-electron chi connectivity index (χ4n) is 2.74. The van der Waals surface area contributed by atoms with Crippen LogP contribution in [0.15, 0.2) is 18.6 Å². The van der Waals surface area contributed by atoms with Crippen LogP contribution in [0, 0.1) is 0 Å². The van der Waals surface area contributed by atoms with Gasteiger partial charge in [0.25, 0.3) is 0 Å². The molecule has 3 rings (SSSR count). The average Bonchev–Trinajstić information content (AvgIpc) is 2.94. The smallest absolute Gasteiger partial charge is 0.180 e. The molecular weight excluding hydrogens is 254 g/mol. The van der Waals surface area contributed by atoms with Gasteiger partial charge in [0.2, 0.25) is 0 Å². The third kappa shape index (κ3) is 2.54. The van der Waals surface area contributed by atoms with Gasteiger partial charge in [-0.2, -0.15) is 0 Å². The minimum atomic E-state index is 0.551. The summed E-state index contributed by atoms with van der Waals surface area (Å²) in [4.78, 5) is 11.2. The van der Waals surface area contributed by atoms with E-state index in [1.807, 2.05) is 16.8 Å². The van der Waals surface area contributed by atoms with E-state index < -0.39 is 0 Å². The molecule has 2 aromatic heterocycles. The van der Waals surface area contributed by atoms with Crippen molar-refractivity contribution in [2.24, 2.45) is 5.84 Å². The van der Waals surface area contributed by atoms with Crippen LogP contribution in [-0.2, 0) is 0 Å². The van der Waals surface area contributed by atoms with Gasteiger partial charge in [-0.15, -0.1) is 0 Å². The summed E-state index contributed by atoms with van der Waals surface area (Å²) in [5, 5.41) is 3.42. The zero-order valence-electron chi connectivity index (χ0n) is 11.7. The minimum absolute atomic E-state index is 0.551. The molecule has 7 nitrogen and oxygen atoms in total. The van der Waals surface area contributed by atoms with Gasteiger partial charge < -0.3 is 20.0 Å². The number of fused-ring (bicyclic) bond motifs is 1. The second-order valence-corrected chi connectivity index (χ2v) is 5.29. The number of rotatable bonds is 4. The summed E-state index contributed by atoms with van der Waals surface area (Å²) in [5.41, 5.74) is 3.41. The van der Waals surface area contributed by atoms with Crippen LogP contribution in [0.5, 0.6) is 0 Å². The molecule has 0 amide bonds. The molecule has 3 heterocycles. The number of nitrogens with zero attached hydrogens (tertiary/aromatic N) is 4. The van der Waals surface area contributed by atoms with Crippen molar-refractivity contribution in [3.63, 3.8) is 0 Å². The Bertz CT molecular complexity index is 579. The van der Waals surface area contributed by atoms with Gasteiger partial charge in [0, 0.05) is 25.0 Å². The summed E-state index contributed by atoms with van der Waals surface area (Å²) in [6, 6.07) is 0.551. The number of piperidine rings is 1.